The van der Waals surface area contributed by atoms with Crippen molar-refractivity contribution in [3.8, 4) is 5.75 Å². The van der Waals surface area contributed by atoms with Crippen LogP contribution in [0.2, 0.25) is 10.0 Å². The van der Waals surface area contributed by atoms with Crippen LogP contribution in [-0.4, -0.2) is 38.1 Å². The highest BCUT2D eigenvalue weighted by Gasteiger charge is 2.33. The summed E-state index contributed by atoms with van der Waals surface area (Å²) in [6.07, 6.45) is -3.60. The molecule has 1 unspecified atom stereocenters. The van der Waals surface area contributed by atoms with Crippen LogP contribution in [0.4, 0.5) is 18.9 Å². The smallest absolute Gasteiger partial charge is 0.406 e. The predicted molar refractivity (Wildman–Crippen MR) is 117 cm³/mol. The highest BCUT2D eigenvalue weighted by molar-refractivity contribution is 7.89. The van der Waals surface area contributed by atoms with Gasteiger partial charge >= 0.3 is 6.36 Å². The molecule has 1 aliphatic heterocycles. The minimum absolute atomic E-state index is 0.0720. The zero-order chi connectivity index (χ0) is 24.2. The number of nitrogens with one attached hydrogen (secondary N) is 2. The number of halogens is 5. The van der Waals surface area contributed by atoms with Gasteiger partial charge in [-0.15, -0.1) is 13.2 Å². The first-order valence-corrected chi connectivity index (χ1v) is 12.0. The lowest BCUT2D eigenvalue weighted by atomic mass is 9.96. The number of piperidine rings is 1. The van der Waals surface area contributed by atoms with Gasteiger partial charge in [-0.2, -0.15) is 4.31 Å². The second-order valence-electron chi connectivity index (χ2n) is 7.39. The molecule has 33 heavy (non-hydrogen) atoms. The average molecular weight is 526 g/mol. The van der Waals surface area contributed by atoms with Crippen LogP contribution in [-0.2, 0) is 14.8 Å². The van der Waals surface area contributed by atoms with E-state index in [1.54, 1.807) is 12.1 Å². The predicted octanol–water partition coefficient (Wildman–Crippen LogP) is 4.83. The molecule has 1 aliphatic rings. The van der Waals surface area contributed by atoms with E-state index in [0.29, 0.717) is 28.6 Å². The number of anilines is 1. The Bertz CT molecular complexity index is 1100. The van der Waals surface area contributed by atoms with Gasteiger partial charge in [-0.1, -0.05) is 23.2 Å². The summed E-state index contributed by atoms with van der Waals surface area (Å²) < 4.78 is 67.7. The summed E-state index contributed by atoms with van der Waals surface area (Å²) in [5.74, 6) is -1.09. The van der Waals surface area contributed by atoms with Crippen LogP contribution < -0.4 is 15.6 Å². The van der Waals surface area contributed by atoms with Gasteiger partial charge in [-0.25, -0.2) is 8.42 Å². The Morgan fingerprint density at radius 1 is 1.15 bits per heavy atom. The van der Waals surface area contributed by atoms with Gasteiger partial charge in [-0.05, 0) is 61.2 Å². The van der Waals surface area contributed by atoms with E-state index in [1.165, 1.54) is 10.4 Å². The van der Waals surface area contributed by atoms with Gasteiger partial charge < -0.3 is 4.74 Å². The maximum Gasteiger partial charge on any atom is 0.573 e. The fourth-order valence-corrected chi connectivity index (χ4v) is 5.43. The average Bonchev–Trinajstić information content (AvgIpc) is 2.72. The molecule has 0 aromatic heterocycles. The lowest BCUT2D eigenvalue weighted by molar-refractivity contribution is -0.274. The number of alkyl halides is 3. The summed E-state index contributed by atoms with van der Waals surface area (Å²) in [5.41, 5.74) is 5.69. The van der Waals surface area contributed by atoms with E-state index >= 15 is 0 Å². The number of nitrogens with zero attached hydrogens (tertiary/aromatic N) is 1. The second kappa shape index (κ2) is 10.4. The van der Waals surface area contributed by atoms with Crippen molar-refractivity contribution >= 4 is 44.8 Å². The number of amides is 1. The van der Waals surface area contributed by atoms with E-state index in [9.17, 15) is 26.4 Å². The van der Waals surface area contributed by atoms with Gasteiger partial charge in [-0.3, -0.25) is 15.6 Å². The Morgan fingerprint density at radius 3 is 2.48 bits per heavy atom. The number of carbonyl (C=O) groups excluding carboxylic acids is 1. The van der Waals surface area contributed by atoms with Gasteiger partial charge in [0.05, 0.1) is 15.6 Å². The summed E-state index contributed by atoms with van der Waals surface area (Å²) in [4.78, 5) is 12.2. The first-order chi connectivity index (χ1) is 15.4. The number of hydrogen-bond donors (Lipinski definition) is 2. The zero-order valence-corrected chi connectivity index (χ0v) is 19.4. The van der Waals surface area contributed by atoms with E-state index < -0.39 is 22.1 Å². The van der Waals surface area contributed by atoms with E-state index in [4.69, 9.17) is 23.2 Å². The van der Waals surface area contributed by atoms with Gasteiger partial charge in [0.25, 0.3) is 0 Å². The molecule has 3 rings (SSSR count). The second-order valence-corrected chi connectivity index (χ2v) is 10.2. The van der Waals surface area contributed by atoms with Crippen molar-refractivity contribution in [2.24, 2.45) is 5.92 Å². The molecule has 0 aliphatic carbocycles. The molecule has 2 N–H and O–H groups in total. The minimum atomic E-state index is -4.87. The van der Waals surface area contributed by atoms with Gasteiger partial charge in [0.1, 0.15) is 5.75 Å². The van der Waals surface area contributed by atoms with Gasteiger partial charge in [0, 0.05) is 24.5 Å². The Balaban J connectivity index is 1.58. The van der Waals surface area contributed by atoms with Crippen LogP contribution >= 0.6 is 23.2 Å². The summed E-state index contributed by atoms with van der Waals surface area (Å²) in [7, 11) is -3.94. The quantitative estimate of drug-likeness (QED) is 0.505. The van der Waals surface area contributed by atoms with E-state index in [0.717, 1.165) is 24.3 Å². The number of hydrazine groups is 1. The van der Waals surface area contributed by atoms with E-state index in [1.807, 2.05) is 0 Å². The van der Waals surface area contributed by atoms with Crippen molar-refractivity contribution in [1.82, 2.24) is 9.73 Å². The molecule has 0 saturated carbocycles. The van der Waals surface area contributed by atoms with Crippen molar-refractivity contribution in [1.29, 1.82) is 0 Å². The van der Waals surface area contributed by atoms with Gasteiger partial charge in [0.2, 0.25) is 15.9 Å². The largest absolute Gasteiger partial charge is 0.573 e. The van der Waals surface area contributed by atoms with Crippen molar-refractivity contribution in [2.45, 2.75) is 30.5 Å². The van der Waals surface area contributed by atoms with Crippen LogP contribution in [0, 0.1) is 5.92 Å². The summed E-state index contributed by atoms with van der Waals surface area (Å²) in [6.45, 7) is 0.359. The first-order valence-electron chi connectivity index (χ1n) is 9.80. The Hall–Kier alpha value is -2.21. The monoisotopic (exact) mass is 525 g/mol. The summed E-state index contributed by atoms with van der Waals surface area (Å²) >= 11 is 11.9. The SMILES string of the molecule is O=C(CC1CCCN(S(=O)(=O)c2ccc(OC(F)(F)F)cc2)C1)NNc1ccc(Cl)cc1Cl. The molecule has 2 aromatic rings. The summed E-state index contributed by atoms with van der Waals surface area (Å²) in [5, 5.41) is 0.771. The highest BCUT2D eigenvalue weighted by atomic mass is 35.5. The molecule has 0 bridgehead atoms. The van der Waals surface area contributed by atoms with Crippen LogP contribution in [0.25, 0.3) is 0 Å². The van der Waals surface area contributed by atoms with E-state index in [2.05, 4.69) is 15.6 Å². The third-order valence-electron chi connectivity index (χ3n) is 4.92. The molecule has 2 aromatic carbocycles. The number of sulfonamides is 1. The van der Waals surface area contributed by atoms with Crippen LogP contribution in [0.3, 0.4) is 0 Å². The number of hydrogen-bond acceptors (Lipinski definition) is 5. The maximum atomic E-state index is 12.9. The molecule has 0 spiro atoms. The molecule has 180 valence electrons. The highest BCUT2D eigenvalue weighted by Crippen LogP contribution is 2.29. The molecule has 1 heterocycles. The molecule has 13 heteroatoms. The third-order valence-corrected chi connectivity index (χ3v) is 7.35. The molecule has 7 nitrogen and oxygen atoms in total. The lowest BCUT2D eigenvalue weighted by Crippen LogP contribution is -2.41. The molecular formula is C20H20Cl2F3N3O4S. The number of ether oxygens (including phenoxy) is 1. The van der Waals surface area contributed by atoms with Crippen molar-refractivity contribution < 1.29 is 31.1 Å². The van der Waals surface area contributed by atoms with Crippen molar-refractivity contribution in [2.75, 3.05) is 18.5 Å². The first kappa shape index (κ1) is 25.4. The Labute approximate surface area is 198 Å². The number of rotatable bonds is 7. The molecule has 1 amide bonds. The lowest BCUT2D eigenvalue weighted by Gasteiger charge is -2.31. The van der Waals surface area contributed by atoms with Crippen molar-refractivity contribution in [3.63, 3.8) is 0 Å². The molecule has 1 fully saturated rings. The van der Waals surface area contributed by atoms with Crippen LogP contribution in [0.1, 0.15) is 19.3 Å². The fourth-order valence-electron chi connectivity index (χ4n) is 3.42. The maximum absolute atomic E-state index is 12.9. The van der Waals surface area contributed by atoms with Gasteiger partial charge in [0.15, 0.2) is 0 Å². The topological polar surface area (TPSA) is 87.7 Å². The van der Waals surface area contributed by atoms with Crippen molar-refractivity contribution in [3.05, 3.63) is 52.5 Å². The van der Waals surface area contributed by atoms with Crippen LogP contribution in [0.5, 0.6) is 5.75 Å². The molecule has 1 saturated heterocycles. The molecule has 1 atom stereocenters. The zero-order valence-electron chi connectivity index (χ0n) is 17.0. The molecule has 0 radical (unpaired) electrons. The fraction of sp³-hybridized carbons (Fsp3) is 0.350. The summed E-state index contributed by atoms with van der Waals surface area (Å²) in [6, 6.07) is 8.74. The van der Waals surface area contributed by atoms with Crippen LogP contribution in [0.15, 0.2) is 47.4 Å². The Morgan fingerprint density at radius 2 is 1.85 bits per heavy atom. The minimum Gasteiger partial charge on any atom is -0.406 e. The van der Waals surface area contributed by atoms with E-state index in [-0.39, 0.29) is 36.2 Å². The number of benzene rings is 2. The third kappa shape index (κ3) is 7.13. The Kier molecular flexibility index (Phi) is 7.99. The molecular weight excluding hydrogens is 506 g/mol. The standard InChI is InChI=1S/C20H20Cl2F3N3O4S/c21-14-3-8-18(17(22)11-14)26-27-19(29)10-13-2-1-9-28(12-13)33(30,31)16-6-4-15(5-7-16)32-20(23,24)25/h3-8,11,13,26H,1-2,9-10,12H2,(H,27,29). The number of carbonyl (C=O) groups is 1. The normalized spacial score (nSPS) is 17.4.